The largest absolute Gasteiger partial charge is 0.462 e. The normalized spacial score (nSPS) is 12.6. The van der Waals surface area contributed by atoms with Crippen molar-refractivity contribution in [2.75, 3.05) is 13.2 Å². The molecule has 66 heavy (non-hydrogen) atoms. The van der Waals surface area contributed by atoms with Crippen molar-refractivity contribution in [1.82, 2.24) is 0 Å². The molecule has 0 aliphatic carbocycles. The second-order valence-corrected chi connectivity index (χ2v) is 18.5. The Bertz CT molecular complexity index is 1240. The number of allylic oxidation sites excluding steroid dienone is 12. The lowest BCUT2D eigenvalue weighted by Crippen LogP contribution is -2.30. The highest BCUT2D eigenvalue weighted by molar-refractivity contribution is 5.71. The molecule has 0 saturated carbocycles. The first-order valence-corrected chi connectivity index (χ1v) is 27.9. The van der Waals surface area contributed by atoms with Crippen LogP contribution in [0.2, 0.25) is 0 Å². The van der Waals surface area contributed by atoms with E-state index in [1.165, 1.54) is 135 Å². The van der Waals surface area contributed by atoms with Gasteiger partial charge < -0.3 is 14.2 Å². The van der Waals surface area contributed by atoms with Crippen LogP contribution in [0.15, 0.2) is 72.9 Å². The molecule has 1 atom stereocenters. The minimum Gasteiger partial charge on any atom is -0.462 e. The third-order valence-corrected chi connectivity index (χ3v) is 11.9. The quantitative estimate of drug-likeness (QED) is 0.0262. The zero-order chi connectivity index (χ0) is 47.9. The van der Waals surface area contributed by atoms with Gasteiger partial charge in [0, 0.05) is 19.3 Å². The molecule has 0 saturated heterocycles. The number of esters is 3. The van der Waals surface area contributed by atoms with E-state index in [1.54, 1.807) is 0 Å². The van der Waals surface area contributed by atoms with Gasteiger partial charge in [-0.2, -0.15) is 0 Å². The predicted octanol–water partition coefficient (Wildman–Crippen LogP) is 18.6. The van der Waals surface area contributed by atoms with Crippen LogP contribution >= 0.6 is 0 Å². The first-order chi connectivity index (χ1) is 32.5. The Morgan fingerprint density at radius 2 is 0.606 bits per heavy atom. The van der Waals surface area contributed by atoms with Gasteiger partial charge in [0.2, 0.25) is 0 Å². The highest BCUT2D eigenvalue weighted by Crippen LogP contribution is 2.16. The molecule has 0 aliphatic rings. The van der Waals surface area contributed by atoms with Gasteiger partial charge in [-0.1, -0.05) is 241 Å². The number of carbonyl (C=O) groups excluding carboxylic acids is 3. The summed E-state index contributed by atoms with van der Waals surface area (Å²) < 4.78 is 16.8. The monoisotopic (exact) mass is 921 g/mol. The lowest BCUT2D eigenvalue weighted by atomic mass is 10.0. The highest BCUT2D eigenvalue weighted by atomic mass is 16.6. The first kappa shape index (κ1) is 62.8. The molecule has 0 heterocycles. The second kappa shape index (κ2) is 54.5. The van der Waals surface area contributed by atoms with E-state index >= 15 is 0 Å². The van der Waals surface area contributed by atoms with Crippen molar-refractivity contribution in [2.24, 2.45) is 0 Å². The molecular formula is C60H104O6. The number of carbonyl (C=O) groups is 3. The molecule has 380 valence electrons. The molecule has 0 spiro atoms. The Labute approximate surface area is 408 Å². The van der Waals surface area contributed by atoms with Crippen molar-refractivity contribution in [2.45, 2.75) is 277 Å². The average molecular weight is 921 g/mol. The number of unbranched alkanes of at least 4 members (excludes halogenated alkanes) is 27. The van der Waals surface area contributed by atoms with E-state index in [0.717, 1.165) is 89.9 Å². The van der Waals surface area contributed by atoms with Crippen molar-refractivity contribution in [3.05, 3.63) is 72.9 Å². The third kappa shape index (κ3) is 51.8. The van der Waals surface area contributed by atoms with Gasteiger partial charge in [-0.3, -0.25) is 14.4 Å². The van der Waals surface area contributed by atoms with Gasteiger partial charge in [0.25, 0.3) is 0 Å². The first-order valence-electron chi connectivity index (χ1n) is 27.9. The summed E-state index contributed by atoms with van der Waals surface area (Å²) in [5.74, 6) is -0.969. The molecule has 6 heteroatoms. The van der Waals surface area contributed by atoms with E-state index in [2.05, 4.69) is 93.7 Å². The maximum atomic E-state index is 12.8. The summed E-state index contributed by atoms with van der Waals surface area (Å²) in [6.07, 6.45) is 69.0. The highest BCUT2D eigenvalue weighted by Gasteiger charge is 2.19. The van der Waals surface area contributed by atoms with E-state index in [0.29, 0.717) is 19.3 Å². The summed E-state index contributed by atoms with van der Waals surface area (Å²) in [5, 5.41) is 0. The minimum absolute atomic E-state index is 0.100. The van der Waals surface area contributed by atoms with Crippen molar-refractivity contribution in [3.63, 3.8) is 0 Å². The zero-order valence-electron chi connectivity index (χ0n) is 43.4. The van der Waals surface area contributed by atoms with Crippen LogP contribution in [0.1, 0.15) is 271 Å². The average Bonchev–Trinajstić information content (AvgIpc) is 3.31. The van der Waals surface area contributed by atoms with Crippen molar-refractivity contribution in [1.29, 1.82) is 0 Å². The van der Waals surface area contributed by atoms with Crippen LogP contribution in [0, 0.1) is 0 Å². The van der Waals surface area contributed by atoms with Gasteiger partial charge in [-0.25, -0.2) is 0 Å². The number of hydrogen-bond donors (Lipinski definition) is 0. The second-order valence-electron chi connectivity index (χ2n) is 18.5. The molecular weight excluding hydrogens is 817 g/mol. The van der Waals surface area contributed by atoms with Gasteiger partial charge in [0.1, 0.15) is 13.2 Å². The fourth-order valence-corrected chi connectivity index (χ4v) is 7.77. The van der Waals surface area contributed by atoms with E-state index < -0.39 is 6.10 Å². The predicted molar refractivity (Wildman–Crippen MR) is 284 cm³/mol. The molecule has 0 amide bonds. The Morgan fingerprint density at radius 3 is 1.00 bits per heavy atom. The van der Waals surface area contributed by atoms with Gasteiger partial charge in [0.15, 0.2) is 6.10 Å². The van der Waals surface area contributed by atoms with Crippen LogP contribution < -0.4 is 0 Å². The summed E-state index contributed by atoms with van der Waals surface area (Å²) in [4.78, 5) is 38.1. The van der Waals surface area contributed by atoms with E-state index in [9.17, 15) is 14.4 Å². The molecule has 0 aromatic heterocycles. The summed E-state index contributed by atoms with van der Waals surface area (Å²) in [7, 11) is 0. The fourth-order valence-electron chi connectivity index (χ4n) is 7.77. The van der Waals surface area contributed by atoms with Crippen LogP contribution in [0.4, 0.5) is 0 Å². The molecule has 0 aromatic rings. The lowest BCUT2D eigenvalue weighted by Gasteiger charge is -2.18. The molecule has 0 radical (unpaired) electrons. The number of rotatable bonds is 50. The van der Waals surface area contributed by atoms with Crippen molar-refractivity contribution < 1.29 is 28.6 Å². The minimum atomic E-state index is -0.809. The summed E-state index contributed by atoms with van der Waals surface area (Å²) in [5.41, 5.74) is 0. The molecule has 0 bridgehead atoms. The Balaban J connectivity index is 4.45. The van der Waals surface area contributed by atoms with Crippen LogP contribution in [0.25, 0.3) is 0 Å². The smallest absolute Gasteiger partial charge is 0.306 e. The molecule has 1 unspecified atom stereocenters. The molecule has 0 aliphatic heterocycles. The van der Waals surface area contributed by atoms with E-state index in [1.807, 2.05) is 0 Å². The Hall–Kier alpha value is -3.15. The SMILES string of the molecule is CC/C=C\C/C=C\C/C=C\C/C=C\C/C=C\CCCC(=O)OC(COC(=O)CCCCC/C=C\CCCCCCCC)COC(=O)CCCCCCCCCCCCCCCCCCCC. The van der Waals surface area contributed by atoms with Gasteiger partial charge in [-0.15, -0.1) is 0 Å². The molecule has 6 nitrogen and oxygen atoms in total. The molecule has 0 aromatic carbocycles. The zero-order valence-corrected chi connectivity index (χ0v) is 43.4. The van der Waals surface area contributed by atoms with Gasteiger partial charge in [-0.05, 0) is 83.5 Å². The van der Waals surface area contributed by atoms with Crippen LogP contribution in [0.5, 0.6) is 0 Å². The van der Waals surface area contributed by atoms with Crippen LogP contribution in [-0.2, 0) is 28.6 Å². The topological polar surface area (TPSA) is 78.9 Å². The Kier molecular flexibility index (Phi) is 51.9. The van der Waals surface area contributed by atoms with Crippen LogP contribution in [-0.4, -0.2) is 37.2 Å². The number of ether oxygens (including phenoxy) is 3. The van der Waals surface area contributed by atoms with Crippen molar-refractivity contribution in [3.8, 4) is 0 Å². The Morgan fingerprint density at radius 1 is 0.318 bits per heavy atom. The maximum Gasteiger partial charge on any atom is 0.306 e. The van der Waals surface area contributed by atoms with E-state index in [-0.39, 0.29) is 37.5 Å². The number of hydrogen-bond acceptors (Lipinski definition) is 6. The molecule has 0 fully saturated rings. The van der Waals surface area contributed by atoms with Crippen LogP contribution in [0.3, 0.4) is 0 Å². The van der Waals surface area contributed by atoms with E-state index in [4.69, 9.17) is 14.2 Å². The molecule has 0 rings (SSSR count). The summed E-state index contributed by atoms with van der Waals surface area (Å²) in [6, 6.07) is 0. The standard InChI is InChI=1S/C60H104O6/c1-4-7-10-13-16-19-22-25-27-29-31-32-35-38-41-44-47-50-53-59(62)65-56-57(55-64-58(61)52-49-46-43-40-37-34-24-21-18-15-12-9-6-3)66-60(63)54-51-48-45-42-39-36-33-30-28-26-23-20-17-14-11-8-5-2/h8,11,17,20,26,28,33-34,36-37,42,45,57H,4-7,9-10,12-16,18-19,21-25,27,29-32,35,38-41,43-44,46-56H2,1-3H3/b11-8-,20-17-,28-26-,36-33-,37-34-,45-42-. The van der Waals surface area contributed by atoms with Crippen molar-refractivity contribution >= 4 is 17.9 Å². The van der Waals surface area contributed by atoms with Gasteiger partial charge >= 0.3 is 17.9 Å². The molecule has 0 N–H and O–H groups in total. The van der Waals surface area contributed by atoms with Gasteiger partial charge in [0.05, 0.1) is 0 Å². The summed E-state index contributed by atoms with van der Waals surface area (Å²) >= 11 is 0. The third-order valence-electron chi connectivity index (χ3n) is 11.9. The fraction of sp³-hybridized carbons (Fsp3) is 0.750. The summed E-state index contributed by atoms with van der Waals surface area (Å²) in [6.45, 7) is 6.48. The lowest BCUT2D eigenvalue weighted by molar-refractivity contribution is -0.167. The maximum absolute atomic E-state index is 12.8.